The highest BCUT2D eigenvalue weighted by Gasteiger charge is 2.41. The molecule has 0 saturated heterocycles. The number of aliphatic hydroxyl groups excluding tert-OH is 1. The number of hydrogen-bond donors (Lipinski definition) is 3. The van der Waals surface area contributed by atoms with Crippen molar-refractivity contribution in [1.29, 1.82) is 0 Å². The first kappa shape index (κ1) is 18.6. The van der Waals surface area contributed by atoms with E-state index in [0.717, 1.165) is 42.6 Å². The Kier molecular flexibility index (Phi) is 7.35. The number of nitrogens with zero attached hydrogens (tertiary/aromatic N) is 2. The van der Waals surface area contributed by atoms with Crippen LogP contribution >= 0.6 is 35.3 Å². The molecule has 5 nitrogen and oxygen atoms in total. The van der Waals surface area contributed by atoms with Gasteiger partial charge in [-0.15, -0.1) is 35.3 Å². The van der Waals surface area contributed by atoms with E-state index in [1.54, 1.807) is 11.3 Å². The van der Waals surface area contributed by atoms with E-state index in [0.29, 0.717) is 6.54 Å². The normalized spacial score (nSPS) is 16.3. The molecular formula is C14H25IN4OS. The molecular weight excluding hydrogens is 399 g/mol. The van der Waals surface area contributed by atoms with Gasteiger partial charge >= 0.3 is 0 Å². The van der Waals surface area contributed by atoms with Crippen molar-refractivity contribution in [2.24, 2.45) is 10.4 Å². The standard InChI is InChI=1S/C14H24N4OS.HI/c1-4-15-13(17-8-14(9-19)5-6-14)16-7-12-18-10(2)11(3)20-12;/h19H,4-9H2,1-3H3,(H2,15,16,17);1H. The Morgan fingerprint density at radius 2 is 2.10 bits per heavy atom. The van der Waals surface area contributed by atoms with E-state index in [2.05, 4.69) is 27.5 Å². The van der Waals surface area contributed by atoms with Gasteiger partial charge in [-0.1, -0.05) is 0 Å². The summed E-state index contributed by atoms with van der Waals surface area (Å²) in [7, 11) is 0. The lowest BCUT2D eigenvalue weighted by atomic mass is 10.1. The molecule has 21 heavy (non-hydrogen) atoms. The summed E-state index contributed by atoms with van der Waals surface area (Å²) in [5.74, 6) is 0.803. The summed E-state index contributed by atoms with van der Waals surface area (Å²) in [6.45, 7) is 8.63. The van der Waals surface area contributed by atoms with Gasteiger partial charge in [0.25, 0.3) is 0 Å². The highest BCUT2D eigenvalue weighted by molar-refractivity contribution is 14.0. The van der Waals surface area contributed by atoms with Crippen LogP contribution < -0.4 is 10.6 Å². The van der Waals surface area contributed by atoms with Gasteiger partial charge < -0.3 is 15.7 Å². The van der Waals surface area contributed by atoms with E-state index in [-0.39, 0.29) is 36.0 Å². The summed E-state index contributed by atoms with van der Waals surface area (Å²) in [6, 6.07) is 0. The second-order valence-corrected chi connectivity index (χ2v) is 6.74. The Balaban J connectivity index is 0.00000220. The quantitative estimate of drug-likeness (QED) is 0.372. The van der Waals surface area contributed by atoms with E-state index < -0.39 is 0 Å². The molecule has 0 bridgehead atoms. The number of aryl methyl sites for hydroxylation is 2. The minimum absolute atomic E-state index is 0. The van der Waals surface area contributed by atoms with Crippen molar-refractivity contribution in [2.75, 3.05) is 19.7 Å². The fourth-order valence-electron chi connectivity index (χ4n) is 1.93. The number of aliphatic hydroxyl groups is 1. The molecule has 0 atom stereocenters. The highest BCUT2D eigenvalue weighted by Crippen LogP contribution is 2.44. The van der Waals surface area contributed by atoms with Gasteiger partial charge in [0, 0.05) is 23.4 Å². The van der Waals surface area contributed by atoms with Crippen LogP contribution in [0.2, 0.25) is 0 Å². The second-order valence-electron chi connectivity index (χ2n) is 5.46. The molecule has 0 aliphatic heterocycles. The lowest BCUT2D eigenvalue weighted by Crippen LogP contribution is -2.41. The van der Waals surface area contributed by atoms with Crippen LogP contribution in [0.4, 0.5) is 0 Å². The zero-order valence-electron chi connectivity index (χ0n) is 12.9. The topological polar surface area (TPSA) is 69.5 Å². The minimum Gasteiger partial charge on any atom is -0.396 e. The largest absolute Gasteiger partial charge is 0.396 e. The molecule has 2 rings (SSSR count). The van der Waals surface area contributed by atoms with Crippen LogP contribution in [-0.4, -0.2) is 35.7 Å². The van der Waals surface area contributed by atoms with E-state index >= 15 is 0 Å². The van der Waals surface area contributed by atoms with Gasteiger partial charge in [0.15, 0.2) is 5.96 Å². The molecule has 120 valence electrons. The van der Waals surface area contributed by atoms with Crippen molar-refractivity contribution in [3.8, 4) is 0 Å². The predicted molar refractivity (Wildman–Crippen MR) is 98.6 cm³/mol. The molecule has 3 N–H and O–H groups in total. The number of guanidine groups is 1. The molecule has 0 spiro atoms. The minimum atomic E-state index is 0. The lowest BCUT2D eigenvalue weighted by Gasteiger charge is -2.16. The third-order valence-corrected chi connectivity index (χ3v) is 4.77. The number of halogens is 1. The summed E-state index contributed by atoms with van der Waals surface area (Å²) >= 11 is 1.70. The SMILES string of the molecule is CCNC(=NCc1nc(C)c(C)s1)NCC1(CO)CC1.I. The van der Waals surface area contributed by atoms with Crippen LogP contribution in [0.1, 0.15) is 35.3 Å². The Bertz CT molecular complexity index is 466. The van der Waals surface area contributed by atoms with Gasteiger partial charge in [0.05, 0.1) is 18.8 Å². The summed E-state index contributed by atoms with van der Waals surface area (Å²) in [4.78, 5) is 10.3. The fraction of sp³-hybridized carbons (Fsp3) is 0.714. The molecule has 0 amide bonds. The fourth-order valence-corrected chi connectivity index (χ4v) is 2.79. The summed E-state index contributed by atoms with van der Waals surface area (Å²) in [5.41, 5.74) is 1.18. The summed E-state index contributed by atoms with van der Waals surface area (Å²) in [6.07, 6.45) is 2.20. The predicted octanol–water partition coefficient (Wildman–Crippen LogP) is 2.21. The Morgan fingerprint density at radius 3 is 2.57 bits per heavy atom. The number of thiazole rings is 1. The van der Waals surface area contributed by atoms with Gasteiger partial charge in [-0.25, -0.2) is 9.98 Å². The molecule has 1 fully saturated rings. The Hall–Kier alpha value is -0.410. The number of aromatic nitrogens is 1. The van der Waals surface area contributed by atoms with Crippen LogP contribution in [-0.2, 0) is 6.54 Å². The average Bonchev–Trinajstić information content (AvgIpc) is 3.15. The van der Waals surface area contributed by atoms with E-state index in [1.165, 1.54) is 4.88 Å². The number of rotatable bonds is 6. The van der Waals surface area contributed by atoms with Crippen LogP contribution in [0.5, 0.6) is 0 Å². The van der Waals surface area contributed by atoms with E-state index in [1.807, 2.05) is 13.8 Å². The molecule has 0 radical (unpaired) electrons. The van der Waals surface area contributed by atoms with Crippen molar-refractivity contribution in [1.82, 2.24) is 15.6 Å². The molecule has 0 aromatic carbocycles. The first-order valence-electron chi connectivity index (χ1n) is 7.14. The summed E-state index contributed by atoms with van der Waals surface area (Å²) < 4.78 is 0. The van der Waals surface area contributed by atoms with Gasteiger partial charge in [-0.05, 0) is 33.6 Å². The van der Waals surface area contributed by atoms with E-state index in [4.69, 9.17) is 0 Å². The molecule has 1 aromatic rings. The molecule has 1 saturated carbocycles. The number of hydrogen-bond acceptors (Lipinski definition) is 4. The zero-order chi connectivity index (χ0) is 14.6. The van der Waals surface area contributed by atoms with Crippen LogP contribution in [0.15, 0.2) is 4.99 Å². The van der Waals surface area contributed by atoms with E-state index in [9.17, 15) is 5.11 Å². The van der Waals surface area contributed by atoms with Crippen molar-refractivity contribution < 1.29 is 5.11 Å². The maximum absolute atomic E-state index is 9.33. The Labute approximate surface area is 147 Å². The van der Waals surface area contributed by atoms with Crippen molar-refractivity contribution >= 4 is 41.3 Å². The third kappa shape index (κ3) is 5.37. The van der Waals surface area contributed by atoms with Gasteiger partial charge in [0.1, 0.15) is 5.01 Å². The smallest absolute Gasteiger partial charge is 0.191 e. The van der Waals surface area contributed by atoms with Crippen LogP contribution in [0, 0.1) is 19.3 Å². The molecule has 1 heterocycles. The maximum atomic E-state index is 9.33. The molecule has 0 unspecified atom stereocenters. The highest BCUT2D eigenvalue weighted by atomic mass is 127. The van der Waals surface area contributed by atoms with Gasteiger partial charge in [0.2, 0.25) is 0 Å². The number of nitrogens with one attached hydrogen (secondary N) is 2. The lowest BCUT2D eigenvalue weighted by molar-refractivity contribution is 0.212. The molecule has 7 heteroatoms. The Morgan fingerprint density at radius 1 is 1.38 bits per heavy atom. The zero-order valence-corrected chi connectivity index (χ0v) is 16.0. The average molecular weight is 424 g/mol. The first-order chi connectivity index (χ1) is 9.58. The second kappa shape index (κ2) is 8.28. The maximum Gasteiger partial charge on any atom is 0.191 e. The monoisotopic (exact) mass is 424 g/mol. The summed E-state index contributed by atoms with van der Waals surface area (Å²) in [5, 5.41) is 16.9. The van der Waals surface area contributed by atoms with Crippen LogP contribution in [0.25, 0.3) is 0 Å². The van der Waals surface area contributed by atoms with Gasteiger partial charge in [-0.2, -0.15) is 0 Å². The van der Waals surface area contributed by atoms with Crippen molar-refractivity contribution in [3.63, 3.8) is 0 Å². The van der Waals surface area contributed by atoms with Crippen molar-refractivity contribution in [3.05, 3.63) is 15.6 Å². The number of aliphatic imine (C=N–C) groups is 1. The molecule has 1 aliphatic carbocycles. The van der Waals surface area contributed by atoms with Crippen molar-refractivity contribution in [2.45, 2.75) is 40.2 Å². The van der Waals surface area contributed by atoms with Gasteiger partial charge in [-0.3, -0.25) is 0 Å². The molecule has 1 aromatic heterocycles. The third-order valence-electron chi connectivity index (χ3n) is 3.71. The first-order valence-corrected chi connectivity index (χ1v) is 7.96. The van der Waals surface area contributed by atoms with Crippen LogP contribution in [0.3, 0.4) is 0 Å². The molecule has 1 aliphatic rings.